The van der Waals surface area contributed by atoms with Crippen LogP contribution in [0.4, 0.5) is 5.69 Å². The third-order valence-electron chi connectivity index (χ3n) is 2.75. The Balaban J connectivity index is 2.73. The minimum atomic E-state index is -0.390. The molecule has 0 saturated heterocycles. The Morgan fingerprint density at radius 3 is 2.56 bits per heavy atom. The largest absolute Gasteiger partial charge is 0.461 e. The van der Waals surface area contributed by atoms with Crippen LogP contribution in [-0.4, -0.2) is 22.4 Å². The number of hydrogen-bond donors (Lipinski definition) is 1. The van der Waals surface area contributed by atoms with Gasteiger partial charge in [0.15, 0.2) is 5.69 Å². The maximum Gasteiger partial charge on any atom is 0.358 e. The van der Waals surface area contributed by atoms with E-state index in [1.165, 1.54) is 0 Å². The van der Waals surface area contributed by atoms with Crippen molar-refractivity contribution in [2.75, 3.05) is 12.3 Å². The van der Waals surface area contributed by atoms with Crippen molar-refractivity contribution in [3.8, 4) is 0 Å². The molecule has 2 N–H and O–H groups in total. The maximum atomic E-state index is 12.0. The number of anilines is 1. The van der Waals surface area contributed by atoms with E-state index in [-0.39, 0.29) is 11.4 Å². The third kappa shape index (κ3) is 3.48. The van der Waals surface area contributed by atoms with Crippen LogP contribution < -0.4 is 5.73 Å². The molecule has 0 bridgehead atoms. The Morgan fingerprint density at radius 1 is 1.44 bits per heavy atom. The zero-order valence-electron chi connectivity index (χ0n) is 11.9. The normalized spacial score (nSPS) is 11.6. The SMILES string of the molecule is CCn1nc(C)c(N)c1C(=O)OCCC(C)(C)C. The van der Waals surface area contributed by atoms with Gasteiger partial charge in [-0.3, -0.25) is 4.68 Å². The number of carbonyl (C=O) groups is 1. The van der Waals surface area contributed by atoms with Crippen LogP contribution in [-0.2, 0) is 11.3 Å². The molecule has 18 heavy (non-hydrogen) atoms. The zero-order chi connectivity index (χ0) is 13.9. The lowest BCUT2D eigenvalue weighted by molar-refractivity contribution is 0.0452. The number of aryl methyl sites for hydroxylation is 2. The molecule has 102 valence electrons. The Morgan fingerprint density at radius 2 is 2.06 bits per heavy atom. The first-order chi connectivity index (χ1) is 8.26. The fourth-order valence-electron chi connectivity index (χ4n) is 1.56. The van der Waals surface area contributed by atoms with E-state index in [9.17, 15) is 4.79 Å². The molecule has 0 spiro atoms. The van der Waals surface area contributed by atoms with Gasteiger partial charge < -0.3 is 10.5 Å². The predicted octanol–water partition coefficient (Wildman–Crippen LogP) is 2.39. The van der Waals surface area contributed by atoms with E-state index in [2.05, 4.69) is 25.9 Å². The first-order valence-electron chi connectivity index (χ1n) is 6.26. The Bertz CT molecular complexity index is 430. The Hall–Kier alpha value is -1.52. The summed E-state index contributed by atoms with van der Waals surface area (Å²) < 4.78 is 6.85. The monoisotopic (exact) mass is 253 g/mol. The van der Waals surface area contributed by atoms with Crippen molar-refractivity contribution >= 4 is 11.7 Å². The van der Waals surface area contributed by atoms with E-state index in [0.717, 1.165) is 6.42 Å². The lowest BCUT2D eigenvalue weighted by Gasteiger charge is -2.17. The minimum Gasteiger partial charge on any atom is -0.461 e. The number of esters is 1. The van der Waals surface area contributed by atoms with Gasteiger partial charge in [0, 0.05) is 6.54 Å². The van der Waals surface area contributed by atoms with Gasteiger partial charge >= 0.3 is 5.97 Å². The van der Waals surface area contributed by atoms with Gasteiger partial charge in [0.1, 0.15) is 0 Å². The topological polar surface area (TPSA) is 70.1 Å². The van der Waals surface area contributed by atoms with Crippen LogP contribution in [0.2, 0.25) is 0 Å². The molecule has 0 aliphatic heterocycles. The first-order valence-corrected chi connectivity index (χ1v) is 6.26. The van der Waals surface area contributed by atoms with E-state index in [1.807, 2.05) is 6.92 Å². The molecule has 0 atom stereocenters. The smallest absolute Gasteiger partial charge is 0.358 e. The fourth-order valence-corrected chi connectivity index (χ4v) is 1.56. The molecule has 0 radical (unpaired) electrons. The molecule has 0 aliphatic rings. The summed E-state index contributed by atoms with van der Waals surface area (Å²) in [5, 5.41) is 4.20. The van der Waals surface area contributed by atoms with Crippen molar-refractivity contribution in [3.05, 3.63) is 11.4 Å². The summed E-state index contributed by atoms with van der Waals surface area (Å²) in [6.45, 7) is 11.0. The van der Waals surface area contributed by atoms with Crippen LogP contribution in [0.5, 0.6) is 0 Å². The zero-order valence-corrected chi connectivity index (χ0v) is 11.9. The first kappa shape index (κ1) is 14.5. The second-order valence-electron chi connectivity index (χ2n) is 5.61. The maximum absolute atomic E-state index is 12.0. The van der Waals surface area contributed by atoms with Gasteiger partial charge in [-0.05, 0) is 25.7 Å². The number of ether oxygens (including phenoxy) is 1. The van der Waals surface area contributed by atoms with E-state index in [0.29, 0.717) is 30.2 Å². The van der Waals surface area contributed by atoms with Crippen molar-refractivity contribution in [1.29, 1.82) is 0 Å². The molecule has 0 amide bonds. The number of hydrogen-bond acceptors (Lipinski definition) is 4. The van der Waals surface area contributed by atoms with Crippen molar-refractivity contribution in [2.24, 2.45) is 5.41 Å². The number of nitrogens with two attached hydrogens (primary N) is 1. The molecule has 1 aromatic rings. The van der Waals surface area contributed by atoms with Crippen molar-refractivity contribution in [2.45, 2.75) is 47.6 Å². The third-order valence-corrected chi connectivity index (χ3v) is 2.75. The van der Waals surface area contributed by atoms with Crippen LogP contribution in [0.3, 0.4) is 0 Å². The Kier molecular flexibility index (Phi) is 4.38. The molecule has 1 aromatic heterocycles. The number of nitrogens with zero attached hydrogens (tertiary/aromatic N) is 2. The fraction of sp³-hybridized carbons (Fsp3) is 0.692. The quantitative estimate of drug-likeness (QED) is 0.836. The second kappa shape index (κ2) is 5.42. The van der Waals surface area contributed by atoms with Gasteiger partial charge in [0.05, 0.1) is 18.0 Å². The molecular formula is C13H23N3O2. The molecule has 5 nitrogen and oxygen atoms in total. The average Bonchev–Trinajstić information content (AvgIpc) is 2.53. The molecule has 5 heteroatoms. The van der Waals surface area contributed by atoms with Crippen LogP contribution in [0.1, 0.15) is 50.3 Å². The van der Waals surface area contributed by atoms with Crippen LogP contribution in [0.15, 0.2) is 0 Å². The van der Waals surface area contributed by atoms with E-state index < -0.39 is 0 Å². The summed E-state index contributed by atoms with van der Waals surface area (Å²) in [6.07, 6.45) is 0.817. The summed E-state index contributed by atoms with van der Waals surface area (Å²) in [4.78, 5) is 12.0. The number of nitrogen functional groups attached to an aromatic ring is 1. The predicted molar refractivity (Wildman–Crippen MR) is 71.4 cm³/mol. The van der Waals surface area contributed by atoms with Crippen molar-refractivity contribution in [1.82, 2.24) is 9.78 Å². The molecule has 0 aliphatic carbocycles. The van der Waals surface area contributed by atoms with Crippen molar-refractivity contribution < 1.29 is 9.53 Å². The number of aromatic nitrogens is 2. The van der Waals surface area contributed by atoms with Gasteiger partial charge in [-0.15, -0.1) is 0 Å². The van der Waals surface area contributed by atoms with E-state index >= 15 is 0 Å². The van der Waals surface area contributed by atoms with Gasteiger partial charge in [-0.25, -0.2) is 4.79 Å². The molecule has 0 unspecified atom stereocenters. The van der Waals surface area contributed by atoms with Crippen LogP contribution in [0.25, 0.3) is 0 Å². The molecule has 0 saturated carbocycles. The highest BCUT2D eigenvalue weighted by Gasteiger charge is 2.21. The molecule has 0 fully saturated rings. The van der Waals surface area contributed by atoms with E-state index in [4.69, 9.17) is 10.5 Å². The van der Waals surface area contributed by atoms with Gasteiger partial charge in [-0.1, -0.05) is 20.8 Å². The highest BCUT2D eigenvalue weighted by molar-refractivity contribution is 5.93. The van der Waals surface area contributed by atoms with Gasteiger partial charge in [-0.2, -0.15) is 5.10 Å². The van der Waals surface area contributed by atoms with Gasteiger partial charge in [0.2, 0.25) is 0 Å². The average molecular weight is 253 g/mol. The highest BCUT2D eigenvalue weighted by Crippen LogP contribution is 2.20. The van der Waals surface area contributed by atoms with Crippen molar-refractivity contribution in [3.63, 3.8) is 0 Å². The Labute approximate surface area is 108 Å². The molecule has 0 aromatic carbocycles. The summed E-state index contributed by atoms with van der Waals surface area (Å²) in [5.74, 6) is -0.390. The van der Waals surface area contributed by atoms with Crippen LogP contribution >= 0.6 is 0 Å². The van der Waals surface area contributed by atoms with Crippen LogP contribution in [0, 0.1) is 12.3 Å². The highest BCUT2D eigenvalue weighted by atomic mass is 16.5. The molecular weight excluding hydrogens is 230 g/mol. The summed E-state index contributed by atoms with van der Waals surface area (Å²) >= 11 is 0. The number of carbonyl (C=O) groups excluding carboxylic acids is 1. The molecule has 1 heterocycles. The minimum absolute atomic E-state index is 0.146. The standard InChI is InChI=1S/C13H23N3O2/c1-6-16-11(10(14)9(2)15-16)12(17)18-8-7-13(3,4)5/h6-8,14H2,1-5H3. The number of rotatable bonds is 4. The molecule has 1 rings (SSSR count). The summed E-state index contributed by atoms with van der Waals surface area (Å²) in [5.41, 5.74) is 7.44. The lowest BCUT2D eigenvalue weighted by atomic mass is 9.93. The summed E-state index contributed by atoms with van der Waals surface area (Å²) in [6, 6.07) is 0. The second-order valence-corrected chi connectivity index (χ2v) is 5.61. The lowest BCUT2D eigenvalue weighted by Crippen LogP contribution is -2.17. The van der Waals surface area contributed by atoms with E-state index in [1.54, 1.807) is 11.6 Å². The van der Waals surface area contributed by atoms with Gasteiger partial charge in [0.25, 0.3) is 0 Å². The summed E-state index contributed by atoms with van der Waals surface area (Å²) in [7, 11) is 0.